The summed E-state index contributed by atoms with van der Waals surface area (Å²) in [6.45, 7) is 1.11. The van der Waals surface area contributed by atoms with Gasteiger partial charge in [-0.1, -0.05) is 24.3 Å². The van der Waals surface area contributed by atoms with Crippen LogP contribution >= 0.6 is 11.3 Å². The fourth-order valence-electron chi connectivity index (χ4n) is 2.43. The summed E-state index contributed by atoms with van der Waals surface area (Å²) in [6.07, 6.45) is 4.78. The van der Waals surface area contributed by atoms with Gasteiger partial charge in [0.1, 0.15) is 18.3 Å². The Morgan fingerprint density at radius 2 is 2.04 bits per heavy atom. The van der Waals surface area contributed by atoms with Gasteiger partial charge in [0.25, 0.3) is 5.91 Å². The van der Waals surface area contributed by atoms with E-state index in [2.05, 4.69) is 20.4 Å². The van der Waals surface area contributed by atoms with E-state index in [0.717, 1.165) is 11.1 Å². The average molecular weight is 365 g/mol. The molecular weight excluding hydrogens is 350 g/mol. The molecule has 3 aromatic heterocycles. The molecule has 0 saturated heterocycles. The summed E-state index contributed by atoms with van der Waals surface area (Å²) in [6, 6.07) is 11.6. The van der Waals surface area contributed by atoms with Crippen molar-refractivity contribution in [3.8, 4) is 10.8 Å². The highest BCUT2D eigenvalue weighted by molar-refractivity contribution is 7.13. The third-order valence-electron chi connectivity index (χ3n) is 3.76. The van der Waals surface area contributed by atoms with E-state index in [-0.39, 0.29) is 5.91 Å². The van der Waals surface area contributed by atoms with E-state index in [9.17, 15) is 4.79 Å². The molecule has 1 aromatic carbocycles. The summed E-state index contributed by atoms with van der Waals surface area (Å²) in [7, 11) is 0. The predicted octanol–water partition coefficient (Wildman–Crippen LogP) is 2.97. The second-order valence-corrected chi connectivity index (χ2v) is 6.47. The topological polar surface area (TPSA) is 85.8 Å². The normalized spacial score (nSPS) is 10.8. The molecule has 130 valence electrons. The van der Waals surface area contributed by atoms with Crippen LogP contribution in [0.25, 0.3) is 10.8 Å². The Hall–Kier alpha value is -3.26. The first kappa shape index (κ1) is 16.2. The molecule has 4 aromatic rings. The van der Waals surface area contributed by atoms with Crippen molar-refractivity contribution < 1.29 is 9.21 Å². The maximum atomic E-state index is 12.3. The van der Waals surface area contributed by atoms with Gasteiger partial charge < -0.3 is 9.73 Å². The molecule has 0 radical (unpaired) electrons. The number of amides is 1. The van der Waals surface area contributed by atoms with Gasteiger partial charge in [0, 0.05) is 11.9 Å². The third kappa shape index (κ3) is 3.70. The minimum Gasteiger partial charge on any atom is -0.462 e. The van der Waals surface area contributed by atoms with E-state index in [1.165, 1.54) is 17.7 Å². The molecule has 0 atom stereocenters. The van der Waals surface area contributed by atoms with Gasteiger partial charge in [0.15, 0.2) is 10.8 Å². The molecule has 0 bridgehead atoms. The number of carbonyl (C=O) groups excluding carboxylic acids is 1. The zero-order valence-corrected chi connectivity index (χ0v) is 14.5. The summed E-state index contributed by atoms with van der Waals surface area (Å²) in [5.74, 6) is 0.461. The second-order valence-electron chi connectivity index (χ2n) is 5.61. The van der Waals surface area contributed by atoms with Crippen molar-refractivity contribution in [2.24, 2.45) is 0 Å². The maximum absolute atomic E-state index is 12.3. The standard InChI is InChI=1S/C18H15N5O2S/c24-17(15-10-26-18(22-15)16-2-1-7-25-16)20-8-13-3-5-14(6-4-13)9-23-12-19-11-21-23/h1-7,10-12H,8-9H2,(H,20,24). The lowest BCUT2D eigenvalue weighted by molar-refractivity contribution is 0.0946. The molecule has 4 rings (SSSR count). The number of furan rings is 1. The molecule has 0 aliphatic heterocycles. The molecular formula is C18H15N5O2S. The van der Waals surface area contributed by atoms with Crippen LogP contribution in [-0.4, -0.2) is 25.7 Å². The van der Waals surface area contributed by atoms with E-state index < -0.39 is 0 Å². The summed E-state index contributed by atoms with van der Waals surface area (Å²) in [5.41, 5.74) is 2.53. The molecule has 26 heavy (non-hydrogen) atoms. The van der Waals surface area contributed by atoms with Gasteiger partial charge in [0.2, 0.25) is 0 Å². The van der Waals surface area contributed by atoms with Crippen LogP contribution in [0, 0.1) is 0 Å². The van der Waals surface area contributed by atoms with E-state index in [1.54, 1.807) is 28.7 Å². The minimum atomic E-state index is -0.203. The van der Waals surface area contributed by atoms with Gasteiger partial charge >= 0.3 is 0 Å². The Kier molecular flexibility index (Phi) is 4.57. The highest BCUT2D eigenvalue weighted by Crippen LogP contribution is 2.23. The van der Waals surface area contributed by atoms with Crippen LogP contribution in [0.2, 0.25) is 0 Å². The largest absolute Gasteiger partial charge is 0.462 e. The lowest BCUT2D eigenvalue weighted by atomic mass is 10.1. The van der Waals surface area contributed by atoms with Crippen LogP contribution in [0.3, 0.4) is 0 Å². The van der Waals surface area contributed by atoms with Crippen molar-refractivity contribution in [2.45, 2.75) is 13.1 Å². The fourth-order valence-corrected chi connectivity index (χ4v) is 3.19. The average Bonchev–Trinajstić information content (AvgIpc) is 3.42. The molecule has 7 nitrogen and oxygen atoms in total. The van der Waals surface area contributed by atoms with E-state index in [0.29, 0.717) is 29.6 Å². The van der Waals surface area contributed by atoms with Gasteiger partial charge in [-0.15, -0.1) is 11.3 Å². The molecule has 0 fully saturated rings. The Labute approximate surface area is 153 Å². The quantitative estimate of drug-likeness (QED) is 0.568. The van der Waals surface area contributed by atoms with Crippen molar-refractivity contribution in [3.63, 3.8) is 0 Å². The highest BCUT2D eigenvalue weighted by atomic mass is 32.1. The molecule has 0 spiro atoms. The number of nitrogens with one attached hydrogen (secondary N) is 1. The molecule has 3 heterocycles. The van der Waals surface area contributed by atoms with Gasteiger partial charge in [0.05, 0.1) is 12.8 Å². The molecule has 0 aliphatic rings. The van der Waals surface area contributed by atoms with Crippen molar-refractivity contribution in [3.05, 3.63) is 77.5 Å². The predicted molar refractivity (Wildman–Crippen MR) is 96.6 cm³/mol. The van der Waals surface area contributed by atoms with Crippen LogP contribution in [-0.2, 0) is 13.1 Å². The van der Waals surface area contributed by atoms with Gasteiger partial charge in [-0.3, -0.25) is 4.79 Å². The van der Waals surface area contributed by atoms with E-state index >= 15 is 0 Å². The first-order chi connectivity index (χ1) is 12.8. The van der Waals surface area contributed by atoms with Crippen LogP contribution < -0.4 is 5.32 Å². The summed E-state index contributed by atoms with van der Waals surface area (Å²) < 4.78 is 7.06. The van der Waals surface area contributed by atoms with Crippen LogP contribution in [0.5, 0.6) is 0 Å². The fraction of sp³-hybridized carbons (Fsp3) is 0.111. The molecule has 0 saturated carbocycles. The lowest BCUT2D eigenvalue weighted by Gasteiger charge is -2.06. The second kappa shape index (κ2) is 7.32. The molecule has 0 unspecified atom stereocenters. The first-order valence-corrected chi connectivity index (χ1v) is 8.84. The zero-order chi connectivity index (χ0) is 17.8. The Balaban J connectivity index is 1.34. The number of aromatic nitrogens is 4. The number of benzene rings is 1. The van der Waals surface area contributed by atoms with E-state index in [1.807, 2.05) is 30.3 Å². The molecule has 0 aliphatic carbocycles. The SMILES string of the molecule is O=C(NCc1ccc(Cn2cncn2)cc1)c1csc(-c2ccco2)n1. The number of nitrogens with zero attached hydrogens (tertiary/aromatic N) is 4. The first-order valence-electron chi connectivity index (χ1n) is 7.96. The number of rotatable bonds is 6. The number of thiazole rings is 1. The summed E-state index contributed by atoms with van der Waals surface area (Å²) >= 11 is 1.38. The molecule has 1 N–H and O–H groups in total. The number of carbonyl (C=O) groups is 1. The number of hydrogen-bond donors (Lipinski definition) is 1. The Morgan fingerprint density at radius 1 is 1.19 bits per heavy atom. The summed E-state index contributed by atoms with van der Waals surface area (Å²) in [4.78, 5) is 20.5. The minimum absolute atomic E-state index is 0.203. The lowest BCUT2D eigenvalue weighted by Crippen LogP contribution is -2.23. The van der Waals surface area contributed by atoms with Crippen LogP contribution in [0.15, 0.2) is 65.1 Å². The zero-order valence-electron chi connectivity index (χ0n) is 13.7. The van der Waals surface area contributed by atoms with Crippen molar-refractivity contribution in [1.82, 2.24) is 25.1 Å². The van der Waals surface area contributed by atoms with Crippen molar-refractivity contribution in [2.75, 3.05) is 0 Å². The maximum Gasteiger partial charge on any atom is 0.271 e. The third-order valence-corrected chi connectivity index (χ3v) is 4.61. The van der Waals surface area contributed by atoms with Crippen LogP contribution in [0.1, 0.15) is 21.6 Å². The number of hydrogen-bond acceptors (Lipinski definition) is 6. The van der Waals surface area contributed by atoms with Gasteiger partial charge in [-0.05, 0) is 23.3 Å². The summed E-state index contributed by atoms with van der Waals surface area (Å²) in [5, 5.41) is 9.39. The van der Waals surface area contributed by atoms with Gasteiger partial charge in [-0.2, -0.15) is 5.10 Å². The van der Waals surface area contributed by atoms with E-state index in [4.69, 9.17) is 4.42 Å². The van der Waals surface area contributed by atoms with Crippen molar-refractivity contribution in [1.29, 1.82) is 0 Å². The van der Waals surface area contributed by atoms with Gasteiger partial charge in [-0.25, -0.2) is 14.6 Å². The Bertz CT molecular complexity index is 975. The van der Waals surface area contributed by atoms with Crippen LogP contribution in [0.4, 0.5) is 0 Å². The monoisotopic (exact) mass is 365 g/mol. The van der Waals surface area contributed by atoms with Crippen molar-refractivity contribution >= 4 is 17.2 Å². The molecule has 8 heteroatoms. The Morgan fingerprint density at radius 3 is 2.77 bits per heavy atom. The molecule has 1 amide bonds. The highest BCUT2D eigenvalue weighted by Gasteiger charge is 2.13. The smallest absolute Gasteiger partial charge is 0.271 e.